The fourth-order valence-electron chi connectivity index (χ4n) is 3.58. The first kappa shape index (κ1) is 25.2. The zero-order chi connectivity index (χ0) is 25.4. The highest BCUT2D eigenvalue weighted by Gasteiger charge is 2.14. The van der Waals surface area contributed by atoms with Crippen molar-refractivity contribution in [3.05, 3.63) is 82.9 Å². The van der Waals surface area contributed by atoms with Gasteiger partial charge in [-0.2, -0.15) is 0 Å². The van der Waals surface area contributed by atoms with Gasteiger partial charge in [-0.3, -0.25) is 4.79 Å². The maximum atomic E-state index is 12.5. The van der Waals surface area contributed by atoms with Crippen molar-refractivity contribution in [1.29, 1.82) is 0 Å². The van der Waals surface area contributed by atoms with E-state index >= 15 is 0 Å². The number of aromatic hydroxyl groups is 1. The largest absolute Gasteiger partial charge is 0.504 e. The van der Waals surface area contributed by atoms with Crippen LogP contribution in [0, 0.1) is 0 Å². The predicted octanol–water partition coefficient (Wildman–Crippen LogP) is 5.16. The molecule has 3 aromatic rings. The number of rotatable bonds is 10. The number of nitrogens with two attached hydrogens (primary N) is 1. The monoisotopic (exact) mass is 475 g/mol. The number of anilines is 1. The van der Waals surface area contributed by atoms with Crippen LogP contribution in [-0.4, -0.2) is 39.3 Å². The van der Waals surface area contributed by atoms with Gasteiger partial charge in [-0.1, -0.05) is 24.3 Å². The van der Waals surface area contributed by atoms with Crippen molar-refractivity contribution in [2.24, 2.45) is 0 Å². The van der Waals surface area contributed by atoms with Crippen LogP contribution in [0.25, 0.3) is 12.2 Å². The van der Waals surface area contributed by atoms with Crippen molar-refractivity contribution in [3.63, 3.8) is 0 Å². The van der Waals surface area contributed by atoms with Crippen LogP contribution in [-0.2, 0) is 6.42 Å². The maximum Gasteiger partial charge on any atom is 0.203 e. The molecule has 182 valence electrons. The average molecular weight is 476 g/mol. The summed E-state index contributed by atoms with van der Waals surface area (Å²) in [6, 6.07) is 13.9. The van der Waals surface area contributed by atoms with Gasteiger partial charge in [0.15, 0.2) is 28.8 Å². The van der Waals surface area contributed by atoms with Crippen molar-refractivity contribution in [3.8, 4) is 28.7 Å². The SMILES string of the molecule is COc1ccc(/C=C\c2cc(OC)c(OC)c(OC)c2)c(C/C=C\C(=O)c2ccc(N)cc2)c1O. The normalized spacial score (nSPS) is 11.1. The molecule has 7 heteroatoms. The molecule has 0 fully saturated rings. The van der Waals surface area contributed by atoms with Gasteiger partial charge < -0.3 is 29.8 Å². The lowest BCUT2D eigenvalue weighted by molar-refractivity contribution is 0.104. The Morgan fingerprint density at radius 3 is 2.06 bits per heavy atom. The van der Waals surface area contributed by atoms with Crippen LogP contribution in [0.15, 0.2) is 60.7 Å². The molecule has 0 spiro atoms. The van der Waals surface area contributed by atoms with E-state index in [1.807, 2.05) is 30.4 Å². The van der Waals surface area contributed by atoms with Crippen LogP contribution in [0.1, 0.15) is 27.0 Å². The minimum Gasteiger partial charge on any atom is -0.504 e. The third-order valence-corrected chi connectivity index (χ3v) is 5.43. The maximum absolute atomic E-state index is 12.5. The Labute approximate surface area is 205 Å². The molecule has 0 saturated heterocycles. The van der Waals surface area contributed by atoms with Crippen LogP contribution in [0.3, 0.4) is 0 Å². The molecule has 0 amide bonds. The standard InChI is InChI=1S/C28H29NO6/c1-32-24-15-12-19(9-8-18-16-25(33-2)28(35-4)26(17-18)34-3)22(27(24)31)6-5-7-23(30)20-10-13-21(29)14-11-20/h5,7-17,31H,6,29H2,1-4H3/b7-5-,9-8-. The molecule has 3 rings (SSSR count). The zero-order valence-corrected chi connectivity index (χ0v) is 20.2. The fraction of sp³-hybridized carbons (Fsp3) is 0.179. The van der Waals surface area contributed by atoms with Gasteiger partial charge in [0.05, 0.1) is 28.4 Å². The Morgan fingerprint density at radius 1 is 0.857 bits per heavy atom. The smallest absolute Gasteiger partial charge is 0.203 e. The number of phenolic OH excluding ortho intramolecular Hbond substituents is 1. The molecule has 3 aromatic carbocycles. The van der Waals surface area contributed by atoms with E-state index in [9.17, 15) is 9.90 Å². The molecule has 0 aromatic heterocycles. The van der Waals surface area contributed by atoms with Gasteiger partial charge in [0.1, 0.15) is 0 Å². The van der Waals surface area contributed by atoms with E-state index in [1.54, 1.807) is 57.7 Å². The third kappa shape index (κ3) is 5.95. The van der Waals surface area contributed by atoms with Crippen LogP contribution in [0.5, 0.6) is 28.7 Å². The van der Waals surface area contributed by atoms with Gasteiger partial charge in [-0.05, 0) is 66.1 Å². The average Bonchev–Trinajstić information content (AvgIpc) is 2.88. The van der Waals surface area contributed by atoms with Gasteiger partial charge in [0, 0.05) is 16.8 Å². The lowest BCUT2D eigenvalue weighted by Gasteiger charge is -2.13. The van der Waals surface area contributed by atoms with Gasteiger partial charge in [-0.25, -0.2) is 0 Å². The van der Waals surface area contributed by atoms with E-state index in [4.69, 9.17) is 24.7 Å². The van der Waals surface area contributed by atoms with Gasteiger partial charge in [-0.15, -0.1) is 0 Å². The number of ketones is 1. The Kier molecular flexibility index (Phi) is 8.40. The van der Waals surface area contributed by atoms with Crippen LogP contribution in [0.2, 0.25) is 0 Å². The number of hydrogen-bond acceptors (Lipinski definition) is 7. The Hall–Kier alpha value is -4.39. The summed E-state index contributed by atoms with van der Waals surface area (Å²) in [5.74, 6) is 1.79. The third-order valence-electron chi connectivity index (χ3n) is 5.43. The predicted molar refractivity (Wildman–Crippen MR) is 138 cm³/mol. The van der Waals surface area contributed by atoms with E-state index in [0.717, 1.165) is 11.1 Å². The number of benzene rings is 3. The molecular weight excluding hydrogens is 446 g/mol. The summed E-state index contributed by atoms with van der Waals surface area (Å²) in [6.45, 7) is 0. The quantitative estimate of drug-likeness (QED) is 0.181. The topological polar surface area (TPSA) is 100 Å². The molecule has 0 unspecified atom stereocenters. The van der Waals surface area contributed by atoms with E-state index in [-0.39, 0.29) is 11.5 Å². The lowest BCUT2D eigenvalue weighted by Crippen LogP contribution is -1.97. The Morgan fingerprint density at radius 2 is 1.49 bits per heavy atom. The van der Waals surface area contributed by atoms with E-state index in [2.05, 4.69) is 0 Å². The van der Waals surface area contributed by atoms with Crippen LogP contribution >= 0.6 is 0 Å². The lowest BCUT2D eigenvalue weighted by atomic mass is 10.00. The number of carbonyl (C=O) groups is 1. The van der Waals surface area contributed by atoms with Crippen molar-refractivity contribution in [1.82, 2.24) is 0 Å². The first-order chi connectivity index (χ1) is 16.9. The summed E-state index contributed by atoms with van der Waals surface area (Å²) in [5, 5.41) is 10.8. The second-order valence-electron chi connectivity index (χ2n) is 7.57. The minimum absolute atomic E-state index is 0.0177. The van der Waals surface area contributed by atoms with E-state index in [1.165, 1.54) is 13.2 Å². The highest BCUT2D eigenvalue weighted by Crippen LogP contribution is 2.39. The first-order valence-corrected chi connectivity index (χ1v) is 10.8. The minimum atomic E-state index is -0.151. The molecular formula is C28H29NO6. The summed E-state index contributed by atoms with van der Waals surface area (Å²) in [5.41, 5.74) is 9.01. The molecule has 0 atom stereocenters. The highest BCUT2D eigenvalue weighted by molar-refractivity contribution is 6.04. The fourth-order valence-corrected chi connectivity index (χ4v) is 3.58. The van der Waals surface area contributed by atoms with Crippen molar-refractivity contribution in [2.75, 3.05) is 34.2 Å². The Bertz CT molecular complexity index is 1220. The summed E-state index contributed by atoms with van der Waals surface area (Å²) in [4.78, 5) is 12.5. The molecule has 0 aliphatic rings. The number of methoxy groups -OCH3 is 4. The molecule has 0 saturated carbocycles. The van der Waals surface area contributed by atoms with Crippen molar-refractivity contribution < 1.29 is 28.8 Å². The van der Waals surface area contributed by atoms with Gasteiger partial charge in [0.25, 0.3) is 0 Å². The van der Waals surface area contributed by atoms with Crippen LogP contribution < -0.4 is 24.7 Å². The molecule has 3 N–H and O–H groups in total. The summed E-state index contributed by atoms with van der Waals surface area (Å²) in [7, 11) is 6.16. The van der Waals surface area contributed by atoms with E-state index in [0.29, 0.717) is 46.2 Å². The number of nitrogen functional groups attached to an aromatic ring is 1. The number of phenols is 1. The molecule has 0 bridgehead atoms. The Balaban J connectivity index is 1.91. The second-order valence-corrected chi connectivity index (χ2v) is 7.57. The zero-order valence-electron chi connectivity index (χ0n) is 20.2. The van der Waals surface area contributed by atoms with Crippen molar-refractivity contribution in [2.45, 2.75) is 6.42 Å². The number of hydrogen-bond donors (Lipinski definition) is 2. The van der Waals surface area contributed by atoms with Crippen LogP contribution in [0.4, 0.5) is 5.69 Å². The van der Waals surface area contributed by atoms with Gasteiger partial charge >= 0.3 is 0 Å². The molecule has 0 aliphatic carbocycles. The van der Waals surface area contributed by atoms with Gasteiger partial charge in [0.2, 0.25) is 5.75 Å². The number of carbonyl (C=O) groups excluding carboxylic acids is 1. The number of allylic oxidation sites excluding steroid dienone is 2. The first-order valence-electron chi connectivity index (χ1n) is 10.8. The highest BCUT2D eigenvalue weighted by atomic mass is 16.5. The molecule has 0 heterocycles. The summed E-state index contributed by atoms with van der Waals surface area (Å²) >= 11 is 0. The summed E-state index contributed by atoms with van der Waals surface area (Å²) in [6.07, 6.45) is 7.25. The molecule has 35 heavy (non-hydrogen) atoms. The number of ether oxygens (including phenoxy) is 4. The molecule has 7 nitrogen and oxygen atoms in total. The molecule has 0 radical (unpaired) electrons. The molecule has 0 aliphatic heterocycles. The second kappa shape index (κ2) is 11.7. The van der Waals surface area contributed by atoms with E-state index < -0.39 is 0 Å². The summed E-state index contributed by atoms with van der Waals surface area (Å²) < 4.78 is 21.5. The van der Waals surface area contributed by atoms with Crippen molar-refractivity contribution >= 4 is 23.6 Å².